The number of nitrogens with two attached hydrogens (primary N) is 1. The van der Waals surface area contributed by atoms with Crippen LogP contribution in [-0.4, -0.2) is 23.5 Å². The minimum absolute atomic E-state index is 0.0271. The number of phenols is 1. The van der Waals surface area contributed by atoms with Crippen LogP contribution >= 0.6 is 0 Å². The fourth-order valence-electron chi connectivity index (χ4n) is 4.15. The second kappa shape index (κ2) is 17.6. The van der Waals surface area contributed by atoms with Crippen molar-refractivity contribution in [2.24, 2.45) is 5.84 Å². The molecule has 5 N–H and O–H groups in total. The lowest BCUT2D eigenvalue weighted by Crippen LogP contribution is -2.47. The third-order valence-electron chi connectivity index (χ3n) is 6.20. The Hall–Kier alpha value is -2.77. The van der Waals surface area contributed by atoms with Crippen molar-refractivity contribution < 1.29 is 19.4 Å². The van der Waals surface area contributed by atoms with E-state index >= 15 is 0 Å². The number of hydrogen-bond donors (Lipinski definition) is 4. The van der Waals surface area contributed by atoms with Crippen LogP contribution in [0, 0.1) is 0 Å². The molecule has 0 spiro atoms. The average molecular weight is 500 g/mol. The van der Waals surface area contributed by atoms with Crippen molar-refractivity contribution in [3.8, 4) is 17.2 Å². The molecule has 2 rings (SSSR count). The van der Waals surface area contributed by atoms with Crippen molar-refractivity contribution in [1.82, 2.24) is 10.7 Å². The van der Waals surface area contributed by atoms with Gasteiger partial charge in [0, 0.05) is 6.42 Å². The van der Waals surface area contributed by atoms with Crippen LogP contribution in [-0.2, 0) is 11.2 Å². The Bertz CT molecular complexity index is 843. The number of rotatable bonds is 18. The van der Waals surface area contributed by atoms with Crippen LogP contribution in [0.25, 0.3) is 0 Å². The normalized spacial score (nSPS) is 12.6. The number of hydrazine groups is 1. The average Bonchev–Trinajstić information content (AvgIpc) is 2.87. The highest BCUT2D eigenvalue weighted by Gasteiger charge is 2.16. The predicted octanol–water partition coefficient (Wildman–Crippen LogP) is 6.94. The fourth-order valence-corrected chi connectivity index (χ4v) is 4.15. The van der Waals surface area contributed by atoms with Gasteiger partial charge in [-0.25, -0.2) is 10.6 Å². The summed E-state index contributed by atoms with van der Waals surface area (Å²) in [6, 6.07) is 13.7. The summed E-state index contributed by atoms with van der Waals surface area (Å²) in [4.78, 5) is 11.9. The largest absolute Gasteiger partial charge is 0.508 e. The van der Waals surface area contributed by atoms with Crippen molar-refractivity contribution in [3.05, 3.63) is 54.1 Å². The maximum atomic E-state index is 11.9. The first-order valence-electron chi connectivity index (χ1n) is 13.5. The smallest absolute Gasteiger partial charge is 0.330 e. The van der Waals surface area contributed by atoms with Gasteiger partial charge in [-0.1, -0.05) is 83.3 Å². The topological polar surface area (TPSA) is 106 Å². The molecule has 2 amide bonds. The van der Waals surface area contributed by atoms with E-state index in [4.69, 9.17) is 15.3 Å². The molecule has 2 aromatic rings. The van der Waals surface area contributed by atoms with Crippen LogP contribution in [0.4, 0.5) is 4.79 Å². The first-order chi connectivity index (χ1) is 17.5. The number of carbonyl (C=O) groups is 1. The molecule has 0 saturated heterocycles. The number of urea groups is 1. The van der Waals surface area contributed by atoms with Crippen molar-refractivity contribution in [2.45, 2.75) is 103 Å². The highest BCUT2D eigenvalue weighted by Crippen LogP contribution is 2.24. The monoisotopic (exact) mass is 499 g/mol. The summed E-state index contributed by atoms with van der Waals surface area (Å²) in [7, 11) is 0. The van der Waals surface area contributed by atoms with Gasteiger partial charge < -0.3 is 19.9 Å². The molecule has 200 valence electrons. The van der Waals surface area contributed by atoms with E-state index in [0.29, 0.717) is 17.9 Å². The molecule has 0 saturated carbocycles. The Balaban J connectivity index is 1.74. The van der Waals surface area contributed by atoms with E-state index in [1.807, 2.05) is 24.3 Å². The van der Waals surface area contributed by atoms with Gasteiger partial charge in [0.15, 0.2) is 0 Å². The molecule has 7 heteroatoms. The van der Waals surface area contributed by atoms with E-state index in [-0.39, 0.29) is 11.9 Å². The summed E-state index contributed by atoms with van der Waals surface area (Å²) in [6.45, 7) is 4.31. The van der Waals surface area contributed by atoms with Gasteiger partial charge in [-0.15, -0.1) is 0 Å². The Kier molecular flexibility index (Phi) is 14.4. The van der Waals surface area contributed by atoms with Gasteiger partial charge in [-0.3, -0.25) is 5.43 Å². The number of carbonyl (C=O) groups excluding carboxylic acids is 1. The third kappa shape index (κ3) is 12.8. The molecule has 0 aliphatic carbocycles. The number of phenolic OH excluding ortho intramolecular Hbond substituents is 1. The van der Waals surface area contributed by atoms with E-state index in [1.165, 1.54) is 57.8 Å². The summed E-state index contributed by atoms with van der Waals surface area (Å²) >= 11 is 0. The molecule has 36 heavy (non-hydrogen) atoms. The maximum absolute atomic E-state index is 11.9. The Morgan fingerprint density at radius 3 is 1.94 bits per heavy atom. The molecular formula is C29H45N3O4. The van der Waals surface area contributed by atoms with Crippen molar-refractivity contribution >= 4 is 6.03 Å². The predicted molar refractivity (Wildman–Crippen MR) is 145 cm³/mol. The Labute approximate surface area is 216 Å². The Morgan fingerprint density at radius 2 is 1.39 bits per heavy atom. The van der Waals surface area contributed by atoms with Gasteiger partial charge in [-0.2, -0.15) is 0 Å². The van der Waals surface area contributed by atoms with Crippen LogP contribution in [0.1, 0.15) is 90.0 Å². The highest BCUT2D eigenvalue weighted by atomic mass is 16.5. The van der Waals surface area contributed by atoms with E-state index in [2.05, 4.69) is 24.6 Å². The molecule has 0 radical (unpaired) electrons. The molecule has 7 nitrogen and oxygen atoms in total. The summed E-state index contributed by atoms with van der Waals surface area (Å²) < 4.78 is 12.0. The maximum Gasteiger partial charge on any atom is 0.330 e. The molecule has 0 bridgehead atoms. The summed E-state index contributed by atoms with van der Waals surface area (Å²) in [5, 5.41) is 12.2. The summed E-state index contributed by atoms with van der Waals surface area (Å²) in [6.07, 6.45) is 14.0. The van der Waals surface area contributed by atoms with E-state index in [9.17, 15) is 9.90 Å². The molecule has 2 atom stereocenters. The van der Waals surface area contributed by atoms with Crippen molar-refractivity contribution in [3.63, 3.8) is 0 Å². The first kappa shape index (κ1) is 29.5. The number of unbranched alkanes of at least 4 members (excludes halogenated alkanes) is 9. The van der Waals surface area contributed by atoms with Crippen LogP contribution in [0.15, 0.2) is 48.5 Å². The number of amides is 2. The van der Waals surface area contributed by atoms with Crippen LogP contribution in [0.5, 0.6) is 17.2 Å². The van der Waals surface area contributed by atoms with Gasteiger partial charge in [0.25, 0.3) is 0 Å². The van der Waals surface area contributed by atoms with Crippen LogP contribution < -0.4 is 21.3 Å². The molecule has 0 aliphatic heterocycles. The molecule has 0 heterocycles. The minimum atomic E-state index is -0.490. The van der Waals surface area contributed by atoms with Gasteiger partial charge in [0.05, 0.1) is 6.10 Å². The van der Waals surface area contributed by atoms with Gasteiger partial charge >= 0.3 is 6.03 Å². The standard InChI is InChI=1S/C29H45N3O4/c1-3-4-5-6-7-8-9-10-11-12-13-23(2)35-28(31-29(34)32-30)22-24-14-18-26(19-15-24)36-27-20-16-25(33)17-21-27/h14-21,23,28,33H,3-13,22,30H2,1-2H3,(H2,31,32,34). The highest BCUT2D eigenvalue weighted by molar-refractivity contribution is 5.73. The second-order valence-electron chi connectivity index (χ2n) is 9.47. The first-order valence-corrected chi connectivity index (χ1v) is 13.5. The van der Waals surface area contributed by atoms with Gasteiger partial charge in [0.2, 0.25) is 0 Å². The lowest BCUT2D eigenvalue weighted by molar-refractivity contribution is -0.0184. The number of benzene rings is 2. The number of hydrogen-bond acceptors (Lipinski definition) is 5. The zero-order chi connectivity index (χ0) is 26.0. The molecule has 0 fully saturated rings. The number of aromatic hydroxyl groups is 1. The lowest BCUT2D eigenvalue weighted by atomic mass is 10.0. The van der Waals surface area contributed by atoms with Crippen LogP contribution in [0.2, 0.25) is 0 Å². The van der Waals surface area contributed by atoms with Gasteiger partial charge in [0.1, 0.15) is 23.5 Å². The Morgan fingerprint density at radius 1 is 0.861 bits per heavy atom. The third-order valence-corrected chi connectivity index (χ3v) is 6.20. The zero-order valence-corrected chi connectivity index (χ0v) is 22.0. The summed E-state index contributed by atoms with van der Waals surface area (Å²) in [5.74, 6) is 6.79. The number of nitrogens with one attached hydrogen (secondary N) is 2. The molecule has 0 aliphatic rings. The van der Waals surface area contributed by atoms with E-state index < -0.39 is 12.3 Å². The lowest BCUT2D eigenvalue weighted by Gasteiger charge is -2.23. The fraction of sp³-hybridized carbons (Fsp3) is 0.552. The molecule has 0 aromatic heterocycles. The molecule has 2 unspecified atom stereocenters. The van der Waals surface area contributed by atoms with Crippen molar-refractivity contribution in [1.29, 1.82) is 0 Å². The second-order valence-corrected chi connectivity index (χ2v) is 9.47. The van der Waals surface area contributed by atoms with Gasteiger partial charge in [-0.05, 0) is 55.3 Å². The SMILES string of the molecule is CCCCCCCCCCCCC(C)OC(Cc1ccc(Oc2ccc(O)cc2)cc1)NC(=O)NN. The quantitative estimate of drug-likeness (QED) is 0.0584. The minimum Gasteiger partial charge on any atom is -0.508 e. The molecular weight excluding hydrogens is 454 g/mol. The van der Waals surface area contributed by atoms with Crippen molar-refractivity contribution in [2.75, 3.05) is 0 Å². The molecule has 2 aromatic carbocycles. The number of ether oxygens (including phenoxy) is 2. The zero-order valence-electron chi connectivity index (χ0n) is 22.0. The van der Waals surface area contributed by atoms with Crippen LogP contribution in [0.3, 0.4) is 0 Å². The van der Waals surface area contributed by atoms with E-state index in [1.54, 1.807) is 24.3 Å². The summed E-state index contributed by atoms with van der Waals surface area (Å²) in [5.41, 5.74) is 3.12. The van der Waals surface area contributed by atoms with E-state index in [0.717, 1.165) is 18.4 Å².